The van der Waals surface area contributed by atoms with E-state index in [1.54, 1.807) is 12.3 Å². The Kier molecular flexibility index (Phi) is 5.24. The van der Waals surface area contributed by atoms with Crippen molar-refractivity contribution in [1.82, 2.24) is 10.3 Å². The van der Waals surface area contributed by atoms with Crippen molar-refractivity contribution in [2.24, 2.45) is 0 Å². The van der Waals surface area contributed by atoms with E-state index in [-0.39, 0.29) is 12.4 Å². The summed E-state index contributed by atoms with van der Waals surface area (Å²) in [6.07, 6.45) is 1.61. The lowest BCUT2D eigenvalue weighted by atomic mass is 10.1. The van der Waals surface area contributed by atoms with Gasteiger partial charge in [-0.1, -0.05) is 6.92 Å². The van der Waals surface area contributed by atoms with Crippen molar-refractivity contribution in [2.75, 3.05) is 6.54 Å². The van der Waals surface area contributed by atoms with Crippen LogP contribution in [0.3, 0.4) is 0 Å². The smallest absolute Gasteiger partial charge is 0.138 e. The molecule has 1 aromatic carbocycles. The second kappa shape index (κ2) is 7.36. The molecule has 0 spiro atoms. The maximum Gasteiger partial charge on any atom is 0.138 e. The summed E-state index contributed by atoms with van der Waals surface area (Å²) in [6, 6.07) is 9.84. The first-order valence-electron chi connectivity index (χ1n) is 6.70. The van der Waals surface area contributed by atoms with E-state index < -0.39 is 0 Å². The Morgan fingerprint density at radius 1 is 1.33 bits per heavy atom. The topological polar surface area (TPSA) is 57.9 Å². The summed E-state index contributed by atoms with van der Waals surface area (Å²) in [5.74, 6) is 0.183. The second-order valence-corrected chi connectivity index (χ2v) is 4.47. The molecule has 0 amide bonds. The van der Waals surface area contributed by atoms with Gasteiger partial charge in [-0.15, -0.1) is 0 Å². The van der Waals surface area contributed by atoms with Crippen molar-refractivity contribution in [2.45, 2.75) is 20.1 Å². The molecule has 108 valence electrons. The highest BCUT2D eigenvalue weighted by Gasteiger charge is 2.05. The van der Waals surface area contributed by atoms with Gasteiger partial charge >= 0.3 is 0 Å². The first kappa shape index (κ1) is 14.9. The quantitative estimate of drug-likeness (QED) is 0.886. The number of ether oxygens (including phenoxy) is 1. The van der Waals surface area contributed by atoms with Crippen LogP contribution in [0.2, 0.25) is 0 Å². The molecule has 0 bridgehead atoms. The highest BCUT2D eigenvalue weighted by atomic mass is 19.1. The van der Waals surface area contributed by atoms with Crippen molar-refractivity contribution in [3.05, 3.63) is 59.2 Å². The number of hydrogen-bond donors (Lipinski definition) is 1. The third kappa shape index (κ3) is 4.26. The Balaban J connectivity index is 1.98. The van der Waals surface area contributed by atoms with Crippen LogP contribution in [0.1, 0.15) is 23.7 Å². The van der Waals surface area contributed by atoms with E-state index in [2.05, 4.69) is 10.3 Å². The third-order valence-electron chi connectivity index (χ3n) is 2.92. The summed E-state index contributed by atoms with van der Waals surface area (Å²) in [5.41, 5.74) is 1.68. The fourth-order valence-electron chi connectivity index (χ4n) is 1.77. The largest absolute Gasteiger partial charge is 0.487 e. The van der Waals surface area contributed by atoms with Gasteiger partial charge in [0.15, 0.2) is 0 Å². The predicted molar refractivity (Wildman–Crippen MR) is 77.1 cm³/mol. The van der Waals surface area contributed by atoms with Crippen LogP contribution in [0.15, 0.2) is 36.5 Å². The van der Waals surface area contributed by atoms with Gasteiger partial charge in [-0.05, 0) is 36.9 Å². The third-order valence-corrected chi connectivity index (χ3v) is 2.92. The van der Waals surface area contributed by atoms with Crippen LogP contribution in [0, 0.1) is 17.1 Å². The Morgan fingerprint density at radius 2 is 2.19 bits per heavy atom. The highest BCUT2D eigenvalue weighted by Crippen LogP contribution is 2.15. The van der Waals surface area contributed by atoms with Gasteiger partial charge in [0.2, 0.25) is 0 Å². The van der Waals surface area contributed by atoms with Crippen LogP contribution in [-0.4, -0.2) is 11.5 Å². The minimum Gasteiger partial charge on any atom is -0.487 e. The van der Waals surface area contributed by atoms with Gasteiger partial charge in [-0.3, -0.25) is 4.98 Å². The van der Waals surface area contributed by atoms with E-state index in [0.29, 0.717) is 23.4 Å². The summed E-state index contributed by atoms with van der Waals surface area (Å²) in [7, 11) is 0. The molecule has 0 radical (unpaired) electrons. The van der Waals surface area contributed by atoms with Crippen LogP contribution < -0.4 is 10.1 Å². The SMILES string of the molecule is CCNCc1ccc(OCc2cc(C#N)ccc2F)cn1. The molecule has 0 aliphatic heterocycles. The zero-order valence-corrected chi connectivity index (χ0v) is 11.8. The summed E-state index contributed by atoms with van der Waals surface area (Å²) < 4.78 is 19.1. The fraction of sp³-hybridized carbons (Fsp3) is 0.250. The lowest BCUT2D eigenvalue weighted by molar-refractivity contribution is 0.298. The first-order valence-corrected chi connectivity index (χ1v) is 6.70. The maximum atomic E-state index is 13.6. The van der Waals surface area contributed by atoms with Gasteiger partial charge in [-0.25, -0.2) is 4.39 Å². The Labute approximate surface area is 123 Å². The lowest BCUT2D eigenvalue weighted by Crippen LogP contribution is -2.12. The van der Waals surface area contributed by atoms with Crippen LogP contribution in [0.5, 0.6) is 5.75 Å². The molecule has 4 nitrogen and oxygen atoms in total. The molecule has 0 unspecified atom stereocenters. The average molecular weight is 285 g/mol. The maximum absolute atomic E-state index is 13.6. The molecule has 0 fully saturated rings. The number of pyridine rings is 1. The van der Waals surface area contributed by atoms with Crippen molar-refractivity contribution >= 4 is 0 Å². The molecule has 0 saturated heterocycles. The second-order valence-electron chi connectivity index (χ2n) is 4.47. The molecule has 0 aliphatic carbocycles. The minimum absolute atomic E-state index is 0.0651. The molecule has 0 atom stereocenters. The summed E-state index contributed by atoms with van der Waals surface area (Å²) in [4.78, 5) is 4.25. The standard InChI is InChI=1S/C16H16FN3O/c1-2-19-9-14-4-5-15(10-20-14)21-11-13-7-12(8-18)3-6-16(13)17/h3-7,10,19H,2,9,11H2,1H3. The Bertz CT molecular complexity index is 635. The van der Waals surface area contributed by atoms with E-state index in [1.807, 2.05) is 19.1 Å². The van der Waals surface area contributed by atoms with E-state index >= 15 is 0 Å². The molecule has 2 aromatic rings. The number of nitrogens with zero attached hydrogens (tertiary/aromatic N) is 2. The molecule has 1 heterocycles. The van der Waals surface area contributed by atoms with Gasteiger partial charge < -0.3 is 10.1 Å². The van der Waals surface area contributed by atoms with Crippen molar-refractivity contribution in [3.63, 3.8) is 0 Å². The van der Waals surface area contributed by atoms with Crippen LogP contribution in [0.25, 0.3) is 0 Å². The summed E-state index contributed by atoms with van der Waals surface area (Å²) in [6.45, 7) is 3.68. The molecule has 1 aromatic heterocycles. The van der Waals surface area contributed by atoms with Gasteiger partial charge in [-0.2, -0.15) is 5.26 Å². The Morgan fingerprint density at radius 3 is 2.86 bits per heavy atom. The molecule has 2 rings (SSSR count). The molecular weight excluding hydrogens is 269 g/mol. The van der Waals surface area contributed by atoms with E-state index in [9.17, 15) is 4.39 Å². The minimum atomic E-state index is -0.384. The highest BCUT2D eigenvalue weighted by molar-refractivity contribution is 5.33. The molecule has 21 heavy (non-hydrogen) atoms. The number of rotatable bonds is 6. The number of halogens is 1. The van der Waals surface area contributed by atoms with E-state index in [4.69, 9.17) is 10.00 Å². The molecule has 0 aliphatic rings. The lowest BCUT2D eigenvalue weighted by Gasteiger charge is -2.08. The summed E-state index contributed by atoms with van der Waals surface area (Å²) in [5, 5.41) is 12.0. The van der Waals surface area contributed by atoms with Crippen molar-refractivity contribution in [3.8, 4) is 11.8 Å². The molecule has 1 N–H and O–H groups in total. The van der Waals surface area contributed by atoms with Gasteiger partial charge in [0, 0.05) is 12.1 Å². The number of nitrogens with one attached hydrogen (secondary N) is 1. The van der Waals surface area contributed by atoms with Crippen LogP contribution in [0.4, 0.5) is 4.39 Å². The van der Waals surface area contributed by atoms with E-state index in [0.717, 1.165) is 12.2 Å². The van der Waals surface area contributed by atoms with Gasteiger partial charge in [0.1, 0.15) is 18.2 Å². The molecule has 0 saturated carbocycles. The summed E-state index contributed by atoms with van der Waals surface area (Å²) >= 11 is 0. The average Bonchev–Trinajstić information content (AvgIpc) is 2.53. The number of nitriles is 1. The Hall–Kier alpha value is -2.45. The monoisotopic (exact) mass is 285 g/mol. The number of benzene rings is 1. The van der Waals surface area contributed by atoms with Gasteiger partial charge in [0.05, 0.1) is 23.5 Å². The molecule has 5 heteroatoms. The zero-order chi connectivity index (χ0) is 15.1. The normalized spacial score (nSPS) is 10.1. The number of aromatic nitrogens is 1. The van der Waals surface area contributed by atoms with Gasteiger partial charge in [0.25, 0.3) is 0 Å². The van der Waals surface area contributed by atoms with Crippen LogP contribution >= 0.6 is 0 Å². The zero-order valence-electron chi connectivity index (χ0n) is 11.8. The first-order chi connectivity index (χ1) is 10.2. The van der Waals surface area contributed by atoms with Crippen LogP contribution in [-0.2, 0) is 13.2 Å². The fourth-order valence-corrected chi connectivity index (χ4v) is 1.77. The van der Waals surface area contributed by atoms with E-state index in [1.165, 1.54) is 18.2 Å². The predicted octanol–water partition coefficient (Wildman–Crippen LogP) is 2.78. The molecular formula is C16H16FN3O. The van der Waals surface area contributed by atoms with Crippen molar-refractivity contribution < 1.29 is 9.13 Å². The number of hydrogen-bond acceptors (Lipinski definition) is 4. The van der Waals surface area contributed by atoms with Crippen molar-refractivity contribution in [1.29, 1.82) is 5.26 Å².